The maximum Gasteiger partial charge on any atom is 0.254 e. The van der Waals surface area contributed by atoms with Gasteiger partial charge in [0.25, 0.3) is 5.91 Å². The van der Waals surface area contributed by atoms with Gasteiger partial charge in [-0.25, -0.2) is 0 Å². The lowest BCUT2D eigenvalue weighted by molar-refractivity contribution is 0.0734. The summed E-state index contributed by atoms with van der Waals surface area (Å²) in [5.74, 6) is 0.110. The first-order valence-corrected chi connectivity index (χ1v) is 6.74. The number of nitrogens with one attached hydrogen (secondary N) is 1. The van der Waals surface area contributed by atoms with Gasteiger partial charge >= 0.3 is 0 Å². The second-order valence-corrected chi connectivity index (χ2v) is 5.32. The normalized spacial score (nSPS) is 14.4. The molecule has 0 fully saturated rings. The van der Waals surface area contributed by atoms with Gasteiger partial charge in [0.15, 0.2) is 0 Å². The molecule has 1 aromatic heterocycles. The zero-order valence-corrected chi connectivity index (χ0v) is 11.4. The lowest BCUT2D eigenvalue weighted by Gasteiger charge is -2.27. The number of aromatic nitrogens is 1. The second kappa shape index (κ2) is 4.61. The predicted molar refractivity (Wildman–Crippen MR) is 73.4 cm³/mol. The summed E-state index contributed by atoms with van der Waals surface area (Å²) < 4.78 is 0.988. The van der Waals surface area contributed by atoms with Gasteiger partial charge in [0.1, 0.15) is 0 Å². The molecule has 1 amide bonds. The van der Waals surface area contributed by atoms with Crippen LogP contribution < -0.4 is 0 Å². The molecule has 1 aromatic carbocycles. The Balaban J connectivity index is 1.82. The molecule has 1 aliphatic heterocycles. The van der Waals surface area contributed by atoms with Crippen molar-refractivity contribution in [1.82, 2.24) is 9.88 Å². The van der Waals surface area contributed by atoms with E-state index in [4.69, 9.17) is 0 Å². The molecule has 0 saturated carbocycles. The first kappa shape index (κ1) is 11.5. The van der Waals surface area contributed by atoms with Gasteiger partial charge in [-0.1, -0.05) is 18.2 Å². The summed E-state index contributed by atoms with van der Waals surface area (Å²) in [6.45, 7) is 1.46. The van der Waals surface area contributed by atoms with Crippen molar-refractivity contribution in [2.75, 3.05) is 6.54 Å². The van der Waals surface area contributed by atoms with Crippen molar-refractivity contribution in [2.45, 2.75) is 13.0 Å². The minimum atomic E-state index is 0.110. The van der Waals surface area contributed by atoms with Crippen LogP contribution in [-0.4, -0.2) is 22.3 Å². The van der Waals surface area contributed by atoms with Crippen LogP contribution in [0.25, 0.3) is 0 Å². The first-order valence-electron chi connectivity index (χ1n) is 5.94. The van der Waals surface area contributed by atoms with Crippen LogP contribution in [0.4, 0.5) is 0 Å². The molecule has 0 unspecified atom stereocenters. The highest BCUT2D eigenvalue weighted by Gasteiger charge is 2.22. The third-order valence-electron chi connectivity index (χ3n) is 3.26. The highest BCUT2D eigenvalue weighted by atomic mass is 79.9. The molecule has 0 saturated heterocycles. The fourth-order valence-corrected chi connectivity index (χ4v) is 2.85. The van der Waals surface area contributed by atoms with Crippen LogP contribution in [0.2, 0.25) is 0 Å². The Morgan fingerprint density at radius 1 is 1.28 bits per heavy atom. The monoisotopic (exact) mass is 304 g/mol. The average Bonchev–Trinajstić information content (AvgIpc) is 2.78. The van der Waals surface area contributed by atoms with Gasteiger partial charge in [0.05, 0.1) is 4.60 Å². The Hall–Kier alpha value is -1.55. The van der Waals surface area contributed by atoms with Crippen molar-refractivity contribution in [2.24, 2.45) is 0 Å². The predicted octanol–water partition coefficient (Wildman–Crippen LogP) is 2.98. The standard InChI is InChI=1S/C14H13BrN2O/c15-13-8-11-9-17(7-6-12(11)16-13)14(18)10-4-2-1-3-5-10/h1-5,8,16H,6-7,9H2. The average molecular weight is 305 g/mol. The molecule has 3 rings (SSSR count). The van der Waals surface area contributed by atoms with Gasteiger partial charge in [0, 0.05) is 30.8 Å². The van der Waals surface area contributed by atoms with Crippen LogP contribution in [0.3, 0.4) is 0 Å². The summed E-state index contributed by atoms with van der Waals surface area (Å²) in [7, 11) is 0. The number of rotatable bonds is 1. The molecule has 0 atom stereocenters. The number of fused-ring (bicyclic) bond motifs is 1. The number of halogens is 1. The lowest BCUT2D eigenvalue weighted by Crippen LogP contribution is -2.35. The van der Waals surface area contributed by atoms with Crippen LogP contribution in [0, 0.1) is 0 Å². The quantitative estimate of drug-likeness (QED) is 0.864. The van der Waals surface area contributed by atoms with Crippen LogP contribution >= 0.6 is 15.9 Å². The van der Waals surface area contributed by atoms with Gasteiger partial charge in [-0.3, -0.25) is 4.79 Å². The van der Waals surface area contributed by atoms with Crippen LogP contribution in [0.1, 0.15) is 21.6 Å². The van der Waals surface area contributed by atoms with Crippen LogP contribution in [0.5, 0.6) is 0 Å². The second-order valence-electron chi connectivity index (χ2n) is 4.46. The largest absolute Gasteiger partial charge is 0.353 e. The smallest absolute Gasteiger partial charge is 0.254 e. The Labute approximate surface area is 114 Å². The molecule has 1 aliphatic rings. The number of nitrogens with zero attached hydrogens (tertiary/aromatic N) is 1. The van der Waals surface area contributed by atoms with E-state index in [2.05, 4.69) is 27.0 Å². The minimum absolute atomic E-state index is 0.110. The van der Waals surface area contributed by atoms with Crippen molar-refractivity contribution in [1.29, 1.82) is 0 Å². The molecule has 92 valence electrons. The molecule has 2 heterocycles. The number of amides is 1. The van der Waals surface area contributed by atoms with E-state index in [-0.39, 0.29) is 5.91 Å². The molecule has 0 aliphatic carbocycles. The maximum atomic E-state index is 12.3. The van der Waals surface area contributed by atoms with Gasteiger partial charge < -0.3 is 9.88 Å². The van der Waals surface area contributed by atoms with Crippen molar-refractivity contribution < 1.29 is 4.79 Å². The van der Waals surface area contributed by atoms with E-state index < -0.39 is 0 Å². The van der Waals surface area contributed by atoms with E-state index in [0.717, 1.165) is 23.1 Å². The molecule has 3 nitrogen and oxygen atoms in total. The van der Waals surface area contributed by atoms with Gasteiger partial charge in [-0.05, 0) is 39.7 Å². The fourth-order valence-electron chi connectivity index (χ4n) is 2.33. The first-order chi connectivity index (χ1) is 8.74. The Morgan fingerprint density at radius 2 is 2.06 bits per heavy atom. The summed E-state index contributed by atoms with van der Waals surface area (Å²) in [4.78, 5) is 17.5. The lowest BCUT2D eigenvalue weighted by atomic mass is 10.1. The summed E-state index contributed by atoms with van der Waals surface area (Å²) in [6.07, 6.45) is 0.888. The number of aromatic amines is 1. The topological polar surface area (TPSA) is 36.1 Å². The summed E-state index contributed by atoms with van der Waals surface area (Å²) in [5, 5.41) is 0. The third kappa shape index (κ3) is 2.08. The van der Waals surface area contributed by atoms with Gasteiger partial charge in [-0.2, -0.15) is 0 Å². The van der Waals surface area contributed by atoms with Crippen LogP contribution in [-0.2, 0) is 13.0 Å². The number of hydrogen-bond donors (Lipinski definition) is 1. The zero-order valence-electron chi connectivity index (χ0n) is 9.82. The fraction of sp³-hybridized carbons (Fsp3) is 0.214. The summed E-state index contributed by atoms with van der Waals surface area (Å²) >= 11 is 3.44. The van der Waals surface area contributed by atoms with Crippen molar-refractivity contribution in [3.63, 3.8) is 0 Å². The van der Waals surface area contributed by atoms with Gasteiger partial charge in [0.2, 0.25) is 0 Å². The molecule has 4 heteroatoms. The van der Waals surface area contributed by atoms with E-state index in [0.29, 0.717) is 6.54 Å². The van der Waals surface area contributed by atoms with E-state index in [1.807, 2.05) is 35.2 Å². The molecule has 1 N–H and O–H groups in total. The van der Waals surface area contributed by atoms with Crippen molar-refractivity contribution in [3.8, 4) is 0 Å². The van der Waals surface area contributed by atoms with E-state index in [9.17, 15) is 4.79 Å². The molecule has 0 spiro atoms. The molecule has 0 radical (unpaired) electrons. The van der Waals surface area contributed by atoms with E-state index >= 15 is 0 Å². The van der Waals surface area contributed by atoms with Crippen LogP contribution in [0.15, 0.2) is 41.0 Å². The van der Waals surface area contributed by atoms with Crippen molar-refractivity contribution in [3.05, 3.63) is 57.8 Å². The third-order valence-corrected chi connectivity index (χ3v) is 3.69. The molecule has 18 heavy (non-hydrogen) atoms. The van der Waals surface area contributed by atoms with Gasteiger partial charge in [-0.15, -0.1) is 0 Å². The Morgan fingerprint density at radius 3 is 2.83 bits per heavy atom. The number of benzene rings is 1. The maximum absolute atomic E-state index is 12.3. The molecular formula is C14H13BrN2O. The summed E-state index contributed by atoms with van der Waals surface area (Å²) in [5.41, 5.74) is 3.20. The zero-order chi connectivity index (χ0) is 12.5. The van der Waals surface area contributed by atoms with E-state index in [1.165, 1.54) is 11.3 Å². The number of H-pyrrole nitrogens is 1. The highest BCUT2D eigenvalue weighted by Crippen LogP contribution is 2.23. The summed E-state index contributed by atoms with van der Waals surface area (Å²) in [6, 6.07) is 11.5. The number of hydrogen-bond acceptors (Lipinski definition) is 1. The van der Waals surface area contributed by atoms with E-state index in [1.54, 1.807) is 0 Å². The molecule has 0 bridgehead atoms. The molecular weight excluding hydrogens is 292 g/mol. The highest BCUT2D eigenvalue weighted by molar-refractivity contribution is 9.10. The van der Waals surface area contributed by atoms with Crippen molar-refractivity contribution >= 4 is 21.8 Å². The number of carbonyl (C=O) groups excluding carboxylic acids is 1. The Bertz CT molecular complexity index is 577. The molecule has 2 aromatic rings. The Kier molecular flexibility index (Phi) is 2.96. The number of carbonyl (C=O) groups is 1. The minimum Gasteiger partial charge on any atom is -0.353 e. The SMILES string of the molecule is O=C(c1ccccc1)N1CCc2[nH]c(Br)cc2C1.